The molecule has 0 aliphatic rings. The number of rotatable bonds is 7. The van der Waals surface area contributed by atoms with Gasteiger partial charge in [0.15, 0.2) is 0 Å². The predicted molar refractivity (Wildman–Crippen MR) is 104 cm³/mol. The highest BCUT2D eigenvalue weighted by atomic mass is 32.2. The van der Waals surface area contributed by atoms with Crippen molar-refractivity contribution < 1.29 is 8.42 Å². The van der Waals surface area contributed by atoms with Crippen LogP contribution >= 0.6 is 0 Å². The van der Waals surface area contributed by atoms with E-state index in [4.69, 9.17) is 0 Å². The molecular weight excluding hydrogens is 332 g/mol. The summed E-state index contributed by atoms with van der Waals surface area (Å²) in [6.07, 6.45) is 4.38. The number of nitrogens with zero attached hydrogens (tertiary/aromatic N) is 1. The van der Waals surface area contributed by atoms with Gasteiger partial charge < -0.3 is 4.57 Å². The third-order valence-corrected chi connectivity index (χ3v) is 5.18. The summed E-state index contributed by atoms with van der Waals surface area (Å²) in [5, 5.41) is 2.42. The van der Waals surface area contributed by atoms with Crippen LogP contribution in [0.2, 0.25) is 0 Å². The zero-order valence-corrected chi connectivity index (χ0v) is 15.0. The van der Waals surface area contributed by atoms with Crippen molar-refractivity contribution in [1.29, 1.82) is 0 Å². The van der Waals surface area contributed by atoms with Crippen LogP contribution in [0.4, 0.5) is 0 Å². The van der Waals surface area contributed by atoms with Crippen molar-refractivity contribution >= 4 is 27.0 Å². The smallest absolute Gasteiger partial charge is 0.233 e. The summed E-state index contributed by atoms with van der Waals surface area (Å²) in [7, 11) is -3.41. The topological polar surface area (TPSA) is 51.1 Å². The van der Waals surface area contributed by atoms with Gasteiger partial charge in [-0.25, -0.2) is 13.1 Å². The molecule has 1 heterocycles. The maximum absolute atomic E-state index is 12.0. The molecule has 1 N–H and O–H groups in total. The summed E-state index contributed by atoms with van der Waals surface area (Å²) in [5.41, 5.74) is 3.19. The summed E-state index contributed by atoms with van der Waals surface area (Å²) in [4.78, 5) is 0. The number of aromatic nitrogens is 1. The van der Waals surface area contributed by atoms with Crippen molar-refractivity contribution in [2.45, 2.75) is 19.9 Å². The number of aryl methyl sites for hydroxylation is 2. The highest BCUT2D eigenvalue weighted by Gasteiger charge is 2.05. The lowest BCUT2D eigenvalue weighted by molar-refractivity contribution is 0.580. The Hall–Kier alpha value is -2.37. The van der Waals surface area contributed by atoms with Crippen molar-refractivity contribution in [3.05, 3.63) is 77.3 Å². The molecule has 0 atom stereocenters. The minimum Gasteiger partial charge on any atom is -0.347 e. The van der Waals surface area contributed by atoms with E-state index in [2.05, 4.69) is 27.5 Å². The minimum atomic E-state index is -3.41. The summed E-state index contributed by atoms with van der Waals surface area (Å²) in [6, 6.07) is 18.0. The molecule has 25 heavy (non-hydrogen) atoms. The van der Waals surface area contributed by atoms with E-state index in [0.717, 1.165) is 24.1 Å². The lowest BCUT2D eigenvalue weighted by Gasteiger charge is -2.06. The summed E-state index contributed by atoms with van der Waals surface area (Å²) in [6.45, 7) is 3.19. The van der Waals surface area contributed by atoms with Crippen LogP contribution in [0.15, 0.2) is 66.2 Å². The molecule has 0 aliphatic heterocycles. The van der Waals surface area contributed by atoms with Gasteiger partial charge in [-0.15, -0.1) is 0 Å². The molecule has 0 saturated carbocycles. The fourth-order valence-electron chi connectivity index (χ4n) is 2.69. The highest BCUT2D eigenvalue weighted by Crippen LogP contribution is 2.15. The molecule has 130 valence electrons. The second-order valence-corrected chi connectivity index (χ2v) is 7.73. The minimum absolute atomic E-state index is 0.410. The van der Waals surface area contributed by atoms with Crippen LogP contribution in [0, 0.1) is 6.92 Å². The van der Waals surface area contributed by atoms with Gasteiger partial charge in [-0.2, -0.15) is 0 Å². The van der Waals surface area contributed by atoms with Gasteiger partial charge in [0.05, 0.1) is 0 Å². The number of fused-ring (bicyclic) bond motifs is 1. The van der Waals surface area contributed by atoms with Gasteiger partial charge in [0.1, 0.15) is 0 Å². The van der Waals surface area contributed by atoms with Crippen molar-refractivity contribution in [3.8, 4) is 0 Å². The van der Waals surface area contributed by atoms with E-state index < -0.39 is 10.0 Å². The SMILES string of the molecule is Cc1ccc(/C=C/S(=O)(=O)NCCCn2ccc3ccccc32)cc1. The normalized spacial score (nSPS) is 12.2. The van der Waals surface area contributed by atoms with E-state index in [9.17, 15) is 8.42 Å². The monoisotopic (exact) mass is 354 g/mol. The van der Waals surface area contributed by atoms with E-state index in [-0.39, 0.29) is 0 Å². The van der Waals surface area contributed by atoms with Crippen LogP contribution in [0.5, 0.6) is 0 Å². The number of nitrogens with one attached hydrogen (secondary N) is 1. The predicted octanol–water partition coefficient (Wildman–Crippen LogP) is 3.93. The van der Waals surface area contributed by atoms with Crippen molar-refractivity contribution in [2.75, 3.05) is 6.54 Å². The van der Waals surface area contributed by atoms with Crippen LogP contribution in [0.25, 0.3) is 17.0 Å². The van der Waals surface area contributed by atoms with Gasteiger partial charge in [0, 0.05) is 30.2 Å². The first-order valence-electron chi connectivity index (χ1n) is 8.32. The molecule has 0 radical (unpaired) electrons. The Balaban J connectivity index is 1.51. The first kappa shape index (κ1) is 17.5. The zero-order valence-electron chi connectivity index (χ0n) is 14.2. The van der Waals surface area contributed by atoms with Crippen LogP contribution in [0.3, 0.4) is 0 Å². The molecule has 3 aromatic rings. The second kappa shape index (κ2) is 7.68. The quantitative estimate of drug-likeness (QED) is 0.654. The van der Waals surface area contributed by atoms with Crippen LogP contribution in [0.1, 0.15) is 17.5 Å². The standard InChI is InChI=1S/C20H22N2O2S/c1-17-7-9-18(10-8-17)12-16-25(23,24)21-13-4-14-22-15-11-19-5-2-3-6-20(19)22/h2-3,5-12,15-16,21H,4,13-14H2,1H3/b16-12+. The highest BCUT2D eigenvalue weighted by molar-refractivity contribution is 7.92. The molecule has 0 unspecified atom stereocenters. The van der Waals surface area contributed by atoms with Gasteiger partial charge in [0.2, 0.25) is 10.0 Å². The largest absolute Gasteiger partial charge is 0.347 e. The van der Waals surface area contributed by atoms with Gasteiger partial charge in [0.25, 0.3) is 0 Å². The van der Waals surface area contributed by atoms with Crippen molar-refractivity contribution in [3.63, 3.8) is 0 Å². The van der Waals surface area contributed by atoms with Crippen LogP contribution < -0.4 is 4.72 Å². The first-order valence-corrected chi connectivity index (χ1v) is 9.86. The van der Waals surface area contributed by atoms with Gasteiger partial charge in [-0.3, -0.25) is 0 Å². The Kier molecular flexibility index (Phi) is 5.36. The van der Waals surface area contributed by atoms with Crippen LogP contribution in [-0.4, -0.2) is 19.5 Å². The molecule has 1 aromatic heterocycles. The molecule has 0 bridgehead atoms. The molecule has 3 rings (SSSR count). The molecule has 0 amide bonds. The van der Waals surface area contributed by atoms with Gasteiger partial charge >= 0.3 is 0 Å². The molecule has 5 heteroatoms. The molecule has 2 aromatic carbocycles. The second-order valence-electron chi connectivity index (χ2n) is 6.07. The van der Waals surface area contributed by atoms with Crippen molar-refractivity contribution in [2.24, 2.45) is 0 Å². The number of para-hydroxylation sites is 1. The lowest BCUT2D eigenvalue weighted by Crippen LogP contribution is -2.23. The van der Waals surface area contributed by atoms with E-state index in [1.165, 1.54) is 16.3 Å². The summed E-state index contributed by atoms with van der Waals surface area (Å²) < 4.78 is 28.8. The molecule has 0 fully saturated rings. The van der Waals surface area contributed by atoms with E-state index in [1.54, 1.807) is 6.08 Å². The van der Waals surface area contributed by atoms with Crippen molar-refractivity contribution in [1.82, 2.24) is 9.29 Å². The fraction of sp³-hybridized carbons (Fsp3) is 0.200. The Labute approximate surface area is 148 Å². The summed E-state index contributed by atoms with van der Waals surface area (Å²) in [5.74, 6) is 0. The first-order chi connectivity index (χ1) is 12.0. The number of hydrogen-bond acceptors (Lipinski definition) is 2. The lowest BCUT2D eigenvalue weighted by atomic mass is 10.2. The number of sulfonamides is 1. The maximum atomic E-state index is 12.0. The molecule has 0 aliphatic carbocycles. The average molecular weight is 354 g/mol. The van der Waals surface area contributed by atoms with Gasteiger partial charge in [-0.05, 0) is 42.5 Å². The Bertz CT molecular complexity index is 970. The van der Waals surface area contributed by atoms with E-state index in [0.29, 0.717) is 6.54 Å². The van der Waals surface area contributed by atoms with E-state index >= 15 is 0 Å². The Morgan fingerprint density at radius 1 is 1.04 bits per heavy atom. The van der Waals surface area contributed by atoms with E-state index in [1.807, 2.05) is 49.5 Å². The van der Waals surface area contributed by atoms with Crippen LogP contribution in [-0.2, 0) is 16.6 Å². The molecule has 0 spiro atoms. The fourth-order valence-corrected chi connectivity index (χ4v) is 3.55. The Morgan fingerprint density at radius 2 is 1.80 bits per heavy atom. The maximum Gasteiger partial charge on any atom is 0.233 e. The summed E-state index contributed by atoms with van der Waals surface area (Å²) >= 11 is 0. The third-order valence-electron chi connectivity index (χ3n) is 4.08. The Morgan fingerprint density at radius 3 is 2.60 bits per heavy atom. The molecule has 4 nitrogen and oxygen atoms in total. The molecular formula is C20H22N2O2S. The average Bonchev–Trinajstić information content (AvgIpc) is 3.02. The molecule has 0 saturated heterocycles. The number of hydrogen-bond donors (Lipinski definition) is 1. The third kappa shape index (κ3) is 4.81. The number of benzene rings is 2. The zero-order chi connectivity index (χ0) is 17.7. The van der Waals surface area contributed by atoms with Gasteiger partial charge in [-0.1, -0.05) is 48.0 Å².